The topological polar surface area (TPSA) is 109 Å². The Morgan fingerprint density at radius 2 is 1.80 bits per heavy atom. The number of pyridine rings is 2. The van der Waals surface area contributed by atoms with Crippen LogP contribution in [0.15, 0.2) is 59.9 Å². The molecule has 1 aliphatic heterocycles. The van der Waals surface area contributed by atoms with Crippen molar-refractivity contribution in [3.8, 4) is 11.1 Å². The predicted molar refractivity (Wildman–Crippen MR) is 177 cm³/mol. The summed E-state index contributed by atoms with van der Waals surface area (Å²) < 4.78 is 58.0. The van der Waals surface area contributed by atoms with Gasteiger partial charge < -0.3 is 24.3 Å². The first-order valence-corrected chi connectivity index (χ1v) is 16.3. The second-order valence-electron chi connectivity index (χ2n) is 13.4. The van der Waals surface area contributed by atoms with E-state index in [2.05, 4.69) is 10.3 Å². The summed E-state index contributed by atoms with van der Waals surface area (Å²) >= 11 is 0. The zero-order valence-corrected chi connectivity index (χ0v) is 27.9. The van der Waals surface area contributed by atoms with Gasteiger partial charge in [0.05, 0.1) is 24.7 Å². The molecule has 2 unspecified atom stereocenters. The molecule has 0 saturated carbocycles. The van der Waals surface area contributed by atoms with E-state index in [1.807, 2.05) is 50.8 Å². The van der Waals surface area contributed by atoms with Crippen molar-refractivity contribution in [2.45, 2.75) is 65.2 Å². The lowest BCUT2D eigenvalue weighted by molar-refractivity contribution is -0.139. The van der Waals surface area contributed by atoms with Crippen LogP contribution in [0.2, 0.25) is 0 Å². The Hall–Kier alpha value is -4.52. The summed E-state index contributed by atoms with van der Waals surface area (Å²) in [6, 6.07) is 5.91. The number of aromatic nitrogens is 3. The number of hydrogen-bond acceptors (Lipinski definition) is 5. The largest absolute Gasteiger partial charge is 0.481 e. The van der Waals surface area contributed by atoms with E-state index >= 15 is 0 Å². The molecule has 0 radical (unpaired) electrons. The number of likely N-dealkylation sites (tertiary alicyclic amines) is 1. The van der Waals surface area contributed by atoms with E-state index in [1.54, 1.807) is 29.1 Å². The number of benzene rings is 1. The molecule has 0 spiro atoms. The van der Waals surface area contributed by atoms with E-state index in [4.69, 9.17) is 0 Å². The van der Waals surface area contributed by atoms with Gasteiger partial charge in [-0.3, -0.25) is 18.8 Å². The quantitative estimate of drug-likeness (QED) is 0.164. The SMILES string of the molecule is Cc1cccc(C)c1-c1cc(C(CC(=O)O)NC(=O)C(CC(C)C)n2cc(CCN3CC(CF)C3)c(C(F)(F)F)cc2=O)cn2ccnc12. The Bertz CT molecular complexity index is 1870. The molecule has 4 aromatic rings. The second kappa shape index (κ2) is 14.5. The summed E-state index contributed by atoms with van der Waals surface area (Å²) in [5, 5.41) is 12.7. The molecule has 0 bridgehead atoms. The number of nitrogens with one attached hydrogen (secondary N) is 1. The Morgan fingerprint density at radius 1 is 1.10 bits per heavy atom. The molecule has 5 rings (SSSR count). The van der Waals surface area contributed by atoms with Crippen molar-refractivity contribution in [1.29, 1.82) is 0 Å². The van der Waals surface area contributed by atoms with Crippen LogP contribution in [0.1, 0.15) is 66.6 Å². The fourth-order valence-electron chi connectivity index (χ4n) is 6.69. The average Bonchev–Trinajstić information content (AvgIpc) is 3.47. The van der Waals surface area contributed by atoms with Crippen LogP contribution in [0.25, 0.3) is 16.8 Å². The van der Waals surface area contributed by atoms with Crippen molar-refractivity contribution in [2.24, 2.45) is 11.8 Å². The third-order valence-electron chi connectivity index (χ3n) is 9.11. The smallest absolute Gasteiger partial charge is 0.416 e. The van der Waals surface area contributed by atoms with E-state index in [1.165, 1.54) is 0 Å². The molecule has 13 heteroatoms. The summed E-state index contributed by atoms with van der Waals surface area (Å²) in [6.45, 7) is 8.18. The summed E-state index contributed by atoms with van der Waals surface area (Å²) in [5.74, 6) is -2.16. The summed E-state index contributed by atoms with van der Waals surface area (Å²) in [6.07, 6.45) is 0.894. The average molecular weight is 684 g/mol. The monoisotopic (exact) mass is 683 g/mol. The van der Waals surface area contributed by atoms with Crippen LogP contribution < -0.4 is 10.9 Å². The van der Waals surface area contributed by atoms with Crippen LogP contribution in [0, 0.1) is 25.7 Å². The van der Waals surface area contributed by atoms with Gasteiger partial charge in [0.25, 0.3) is 5.56 Å². The zero-order valence-electron chi connectivity index (χ0n) is 27.9. The molecule has 1 fully saturated rings. The van der Waals surface area contributed by atoms with E-state index in [0.29, 0.717) is 30.4 Å². The molecular weight excluding hydrogens is 642 g/mol. The number of aliphatic carboxylic acids is 1. The summed E-state index contributed by atoms with van der Waals surface area (Å²) in [5.41, 5.74) is 2.51. The van der Waals surface area contributed by atoms with Crippen molar-refractivity contribution < 1.29 is 32.3 Å². The Kier molecular flexibility index (Phi) is 10.6. The van der Waals surface area contributed by atoms with Gasteiger partial charge in [-0.2, -0.15) is 13.2 Å². The highest BCUT2D eigenvalue weighted by molar-refractivity contribution is 5.84. The van der Waals surface area contributed by atoms with Crippen molar-refractivity contribution in [3.05, 3.63) is 93.3 Å². The first kappa shape index (κ1) is 35.8. The van der Waals surface area contributed by atoms with Crippen LogP contribution in [0.4, 0.5) is 17.6 Å². The molecule has 1 saturated heterocycles. The third-order valence-corrected chi connectivity index (χ3v) is 9.11. The number of carbonyl (C=O) groups is 2. The zero-order chi connectivity index (χ0) is 35.6. The van der Waals surface area contributed by atoms with Crippen LogP contribution >= 0.6 is 0 Å². The van der Waals surface area contributed by atoms with E-state index in [-0.39, 0.29) is 36.8 Å². The highest BCUT2D eigenvalue weighted by Crippen LogP contribution is 2.35. The standard InChI is InChI=1S/C36H41F4N5O4/c1-21(2)12-30(45-20-25(8-10-43-17-24(16-37)18-43)28(14-31(45)46)36(38,39)40)35(49)42-29(15-32(47)48)26-13-27(34-41-9-11-44(34)19-26)33-22(3)6-5-7-23(33)4/h5-7,9,11,13-14,19-21,24,29-30H,8,10,12,15-18H2,1-4H3,(H,42,49)(H,47,48). The molecule has 3 aromatic heterocycles. The van der Waals surface area contributed by atoms with Crippen LogP contribution in [-0.4, -0.2) is 62.1 Å². The van der Waals surface area contributed by atoms with Crippen molar-refractivity contribution in [2.75, 3.05) is 26.3 Å². The molecule has 1 aromatic carbocycles. The molecule has 2 atom stereocenters. The Balaban J connectivity index is 1.53. The highest BCUT2D eigenvalue weighted by atomic mass is 19.4. The fraction of sp³-hybridized carbons (Fsp3) is 0.444. The Labute approximate surface area is 281 Å². The number of carboxylic acid groups (broad SMARTS) is 1. The van der Waals surface area contributed by atoms with Gasteiger partial charge in [-0.25, -0.2) is 4.98 Å². The van der Waals surface area contributed by atoms with Crippen molar-refractivity contribution in [1.82, 2.24) is 24.2 Å². The minimum atomic E-state index is -4.80. The van der Waals surface area contributed by atoms with E-state index < -0.39 is 54.4 Å². The van der Waals surface area contributed by atoms with Gasteiger partial charge in [-0.05, 0) is 66.5 Å². The minimum absolute atomic E-state index is 0.0577. The lowest BCUT2D eigenvalue weighted by Crippen LogP contribution is -2.48. The molecule has 9 nitrogen and oxygen atoms in total. The molecule has 262 valence electrons. The van der Waals surface area contributed by atoms with Gasteiger partial charge in [-0.15, -0.1) is 0 Å². The van der Waals surface area contributed by atoms with Gasteiger partial charge in [0.1, 0.15) is 11.7 Å². The first-order chi connectivity index (χ1) is 23.2. The number of rotatable bonds is 13. The molecule has 0 aliphatic carbocycles. The Morgan fingerprint density at radius 3 is 2.41 bits per heavy atom. The molecule has 1 amide bonds. The maximum atomic E-state index is 14.1. The summed E-state index contributed by atoms with van der Waals surface area (Å²) in [7, 11) is 0. The lowest BCUT2D eigenvalue weighted by Gasteiger charge is -2.38. The number of carboxylic acids is 1. The number of amides is 1. The predicted octanol–water partition coefficient (Wildman–Crippen LogP) is 6.16. The number of carbonyl (C=O) groups excluding carboxylic acids is 1. The van der Waals surface area contributed by atoms with Crippen LogP contribution in [0.3, 0.4) is 0 Å². The van der Waals surface area contributed by atoms with Gasteiger partial charge in [0.2, 0.25) is 5.91 Å². The number of fused-ring (bicyclic) bond motifs is 1. The molecular formula is C36H41F4N5O4. The number of aryl methyl sites for hydroxylation is 2. The first-order valence-electron chi connectivity index (χ1n) is 16.3. The normalized spacial score (nSPS) is 15.4. The molecule has 1 aliphatic rings. The highest BCUT2D eigenvalue weighted by Gasteiger charge is 2.36. The summed E-state index contributed by atoms with van der Waals surface area (Å²) in [4.78, 5) is 45.9. The molecule has 49 heavy (non-hydrogen) atoms. The van der Waals surface area contributed by atoms with Crippen molar-refractivity contribution in [3.63, 3.8) is 0 Å². The molecule has 2 N–H and O–H groups in total. The number of nitrogens with zero attached hydrogens (tertiary/aromatic N) is 4. The number of hydrogen-bond donors (Lipinski definition) is 2. The van der Waals surface area contributed by atoms with Gasteiger partial charge in [0, 0.05) is 62.0 Å². The number of alkyl halides is 4. The van der Waals surface area contributed by atoms with Crippen molar-refractivity contribution >= 4 is 17.5 Å². The van der Waals surface area contributed by atoms with Gasteiger partial charge >= 0.3 is 12.1 Å². The second-order valence-corrected chi connectivity index (χ2v) is 13.4. The van der Waals surface area contributed by atoms with E-state index in [9.17, 15) is 37.1 Å². The lowest BCUT2D eigenvalue weighted by atomic mass is 9.93. The van der Waals surface area contributed by atoms with Gasteiger partial charge in [-0.1, -0.05) is 32.0 Å². The van der Waals surface area contributed by atoms with Crippen LogP contribution in [-0.2, 0) is 22.2 Å². The minimum Gasteiger partial charge on any atom is -0.481 e. The number of imidazole rings is 1. The van der Waals surface area contributed by atoms with E-state index in [0.717, 1.165) is 33.0 Å². The van der Waals surface area contributed by atoms with Gasteiger partial charge in [0.15, 0.2) is 0 Å². The maximum Gasteiger partial charge on any atom is 0.416 e. The number of halogens is 4. The fourth-order valence-corrected chi connectivity index (χ4v) is 6.69. The maximum absolute atomic E-state index is 14.1. The van der Waals surface area contributed by atoms with Crippen LogP contribution in [0.5, 0.6) is 0 Å². The molecule has 4 heterocycles. The third kappa shape index (κ3) is 8.04.